The summed E-state index contributed by atoms with van der Waals surface area (Å²) in [6.45, 7) is 8.07. The molecule has 1 amide bonds. The maximum Gasteiger partial charge on any atom is 0.289 e. The molecule has 30 heavy (non-hydrogen) atoms. The van der Waals surface area contributed by atoms with Crippen molar-refractivity contribution in [2.45, 2.75) is 25.9 Å². The Balaban J connectivity index is 1.26. The van der Waals surface area contributed by atoms with Crippen LogP contribution in [0, 0.1) is 0 Å². The Labute approximate surface area is 178 Å². The first-order valence-corrected chi connectivity index (χ1v) is 10.7. The van der Waals surface area contributed by atoms with Crippen LogP contribution in [0.15, 0.2) is 52.1 Å². The molecule has 0 radical (unpaired) electrons. The minimum absolute atomic E-state index is 0.0402. The van der Waals surface area contributed by atoms with Crippen LogP contribution in [0.1, 0.15) is 28.6 Å². The second kappa shape index (κ2) is 9.34. The largest absolute Gasteiger partial charge is 0.459 e. The molecule has 1 aromatic carbocycles. The molecule has 160 valence electrons. The summed E-state index contributed by atoms with van der Waals surface area (Å²) in [7, 11) is 1.82. The van der Waals surface area contributed by atoms with E-state index < -0.39 is 0 Å². The summed E-state index contributed by atoms with van der Waals surface area (Å²) in [5.41, 5.74) is 2.92. The molecule has 0 spiro atoms. The van der Waals surface area contributed by atoms with Gasteiger partial charge in [0.15, 0.2) is 11.7 Å². The molecule has 4 rings (SSSR count). The fraction of sp³-hybridized carbons (Fsp3) is 0.478. The predicted molar refractivity (Wildman–Crippen MR) is 118 cm³/mol. The molecule has 0 saturated carbocycles. The Hall–Kier alpha value is -2.80. The van der Waals surface area contributed by atoms with Crippen LogP contribution in [-0.2, 0) is 13.0 Å². The van der Waals surface area contributed by atoms with Gasteiger partial charge in [0.2, 0.25) is 0 Å². The minimum Gasteiger partial charge on any atom is -0.459 e. The van der Waals surface area contributed by atoms with Gasteiger partial charge in [-0.15, -0.1) is 0 Å². The van der Waals surface area contributed by atoms with Crippen molar-refractivity contribution in [1.29, 1.82) is 0 Å². The van der Waals surface area contributed by atoms with Gasteiger partial charge >= 0.3 is 0 Å². The van der Waals surface area contributed by atoms with Crippen molar-refractivity contribution < 1.29 is 9.21 Å². The predicted octanol–water partition coefficient (Wildman–Crippen LogP) is 2.06. The molecule has 0 bridgehead atoms. The molecule has 1 atom stereocenters. The van der Waals surface area contributed by atoms with Crippen LogP contribution < -0.4 is 5.32 Å². The maximum atomic E-state index is 12.4. The fourth-order valence-corrected chi connectivity index (χ4v) is 4.27. The molecule has 2 aliphatic rings. The van der Waals surface area contributed by atoms with Gasteiger partial charge in [-0.05, 0) is 36.6 Å². The Morgan fingerprint density at radius 1 is 1.07 bits per heavy atom. The number of carbonyl (C=O) groups excluding carboxylic acids is 1. The molecule has 2 aliphatic heterocycles. The number of benzene rings is 1. The molecule has 1 aromatic heterocycles. The van der Waals surface area contributed by atoms with Gasteiger partial charge < -0.3 is 19.5 Å². The lowest BCUT2D eigenvalue weighted by Crippen LogP contribution is -2.55. The van der Waals surface area contributed by atoms with Gasteiger partial charge in [-0.1, -0.05) is 24.3 Å². The highest BCUT2D eigenvalue weighted by Crippen LogP contribution is 2.20. The van der Waals surface area contributed by atoms with Gasteiger partial charge in [0, 0.05) is 58.9 Å². The maximum absolute atomic E-state index is 12.4. The van der Waals surface area contributed by atoms with Crippen LogP contribution >= 0.6 is 0 Å². The fourth-order valence-electron chi connectivity index (χ4n) is 4.27. The van der Waals surface area contributed by atoms with Crippen LogP contribution in [0.4, 0.5) is 0 Å². The number of nitrogens with zero attached hydrogens (tertiary/aromatic N) is 4. The molecular formula is C23H31N5O2. The van der Waals surface area contributed by atoms with Gasteiger partial charge in [-0.2, -0.15) is 0 Å². The van der Waals surface area contributed by atoms with E-state index in [4.69, 9.17) is 4.42 Å². The number of hydrogen-bond donors (Lipinski definition) is 1. The van der Waals surface area contributed by atoms with Crippen molar-refractivity contribution in [2.75, 3.05) is 46.3 Å². The molecule has 1 unspecified atom stereocenters. The van der Waals surface area contributed by atoms with Gasteiger partial charge in [0.05, 0.1) is 6.26 Å². The van der Waals surface area contributed by atoms with Gasteiger partial charge in [0.25, 0.3) is 5.91 Å². The first-order valence-electron chi connectivity index (χ1n) is 10.7. The Morgan fingerprint density at radius 2 is 1.80 bits per heavy atom. The van der Waals surface area contributed by atoms with Crippen molar-refractivity contribution in [2.24, 2.45) is 4.99 Å². The summed E-state index contributed by atoms with van der Waals surface area (Å²) < 4.78 is 5.24. The van der Waals surface area contributed by atoms with Gasteiger partial charge in [-0.3, -0.25) is 14.7 Å². The molecule has 1 saturated heterocycles. The number of hydrogen-bond acceptors (Lipinski definition) is 4. The monoisotopic (exact) mass is 409 g/mol. The van der Waals surface area contributed by atoms with Gasteiger partial charge in [0.1, 0.15) is 0 Å². The topological polar surface area (TPSA) is 64.3 Å². The number of amides is 1. The van der Waals surface area contributed by atoms with Crippen molar-refractivity contribution in [1.82, 2.24) is 20.0 Å². The smallest absolute Gasteiger partial charge is 0.289 e. The van der Waals surface area contributed by atoms with Crippen LogP contribution in [0.25, 0.3) is 0 Å². The lowest BCUT2D eigenvalue weighted by atomic mass is 9.99. The van der Waals surface area contributed by atoms with E-state index in [0.29, 0.717) is 24.9 Å². The molecule has 7 heteroatoms. The zero-order valence-corrected chi connectivity index (χ0v) is 17.9. The Kier molecular flexibility index (Phi) is 6.38. The number of rotatable bonds is 4. The quantitative estimate of drug-likeness (QED) is 0.619. The van der Waals surface area contributed by atoms with E-state index in [-0.39, 0.29) is 5.91 Å². The first kappa shape index (κ1) is 20.5. The number of furan rings is 1. The van der Waals surface area contributed by atoms with Crippen LogP contribution in [0.5, 0.6) is 0 Å². The molecule has 7 nitrogen and oxygen atoms in total. The zero-order valence-electron chi connectivity index (χ0n) is 17.9. The van der Waals surface area contributed by atoms with Crippen molar-refractivity contribution in [3.05, 3.63) is 59.5 Å². The summed E-state index contributed by atoms with van der Waals surface area (Å²) in [6.07, 6.45) is 2.65. The highest BCUT2D eigenvalue weighted by molar-refractivity contribution is 5.91. The molecular weight excluding hydrogens is 378 g/mol. The van der Waals surface area contributed by atoms with Gasteiger partial charge in [-0.25, -0.2) is 0 Å². The number of carbonyl (C=O) groups is 1. The van der Waals surface area contributed by atoms with E-state index >= 15 is 0 Å². The summed E-state index contributed by atoms with van der Waals surface area (Å²) in [6, 6.07) is 12.6. The van der Waals surface area contributed by atoms with E-state index in [1.807, 2.05) is 11.9 Å². The zero-order chi connectivity index (χ0) is 20.9. The average molecular weight is 410 g/mol. The normalized spacial score (nSPS) is 18.8. The Morgan fingerprint density at radius 3 is 2.50 bits per heavy atom. The highest BCUT2D eigenvalue weighted by Gasteiger charge is 2.26. The lowest BCUT2D eigenvalue weighted by Gasteiger charge is -2.37. The van der Waals surface area contributed by atoms with Crippen LogP contribution in [0.2, 0.25) is 0 Å². The lowest BCUT2D eigenvalue weighted by molar-refractivity contribution is 0.0657. The molecule has 1 N–H and O–H groups in total. The summed E-state index contributed by atoms with van der Waals surface area (Å²) in [4.78, 5) is 23.5. The number of fused-ring (bicyclic) bond motifs is 1. The SMILES string of the molecule is CN=C(NCC(C)N1CCc2ccccc2C1)N1CCN(C(=O)c2ccco2)CC1. The Bertz CT molecular complexity index is 871. The molecule has 3 heterocycles. The third-order valence-electron chi connectivity index (χ3n) is 6.15. The van der Waals surface area contributed by atoms with E-state index in [1.54, 1.807) is 12.1 Å². The third kappa shape index (κ3) is 4.51. The molecule has 1 fully saturated rings. The number of guanidine groups is 1. The van der Waals surface area contributed by atoms with Crippen molar-refractivity contribution in [3.8, 4) is 0 Å². The second-order valence-electron chi connectivity index (χ2n) is 8.02. The minimum atomic E-state index is -0.0402. The molecule has 2 aromatic rings. The van der Waals surface area contributed by atoms with E-state index in [0.717, 1.165) is 45.1 Å². The van der Waals surface area contributed by atoms with Crippen molar-refractivity contribution in [3.63, 3.8) is 0 Å². The summed E-state index contributed by atoms with van der Waals surface area (Å²) in [5, 5.41) is 3.54. The summed E-state index contributed by atoms with van der Waals surface area (Å²) in [5.74, 6) is 1.27. The number of aliphatic imine (C=N–C) groups is 1. The van der Waals surface area contributed by atoms with E-state index in [9.17, 15) is 4.79 Å². The third-order valence-corrected chi connectivity index (χ3v) is 6.15. The van der Waals surface area contributed by atoms with E-state index in [2.05, 4.69) is 51.3 Å². The standard InChI is InChI=1S/C23H31N5O2/c1-18(28-10-9-19-6-3-4-7-20(19)17-28)16-25-23(24-2)27-13-11-26(12-14-27)22(29)21-8-5-15-30-21/h3-8,15,18H,9-14,16-17H2,1-2H3,(H,24,25). The van der Waals surface area contributed by atoms with E-state index in [1.165, 1.54) is 17.4 Å². The number of piperazine rings is 1. The highest BCUT2D eigenvalue weighted by atomic mass is 16.3. The summed E-state index contributed by atoms with van der Waals surface area (Å²) >= 11 is 0. The van der Waals surface area contributed by atoms with Crippen molar-refractivity contribution >= 4 is 11.9 Å². The number of nitrogens with one attached hydrogen (secondary N) is 1. The first-order chi connectivity index (χ1) is 14.7. The average Bonchev–Trinajstić information content (AvgIpc) is 3.34. The van der Waals surface area contributed by atoms with Crippen LogP contribution in [0.3, 0.4) is 0 Å². The van der Waals surface area contributed by atoms with Crippen LogP contribution in [-0.4, -0.2) is 78.9 Å². The second-order valence-corrected chi connectivity index (χ2v) is 8.02. The molecule has 0 aliphatic carbocycles.